The van der Waals surface area contributed by atoms with Gasteiger partial charge in [0.25, 0.3) is 5.91 Å². The van der Waals surface area contributed by atoms with Crippen LogP contribution in [0.15, 0.2) is 48.8 Å². The smallest absolute Gasteiger partial charge is 0.277 e. The van der Waals surface area contributed by atoms with Crippen LogP contribution in [0.2, 0.25) is 0 Å². The molecule has 26 heavy (non-hydrogen) atoms. The molecule has 1 aromatic carbocycles. The van der Waals surface area contributed by atoms with E-state index in [0.29, 0.717) is 16.9 Å². The highest BCUT2D eigenvalue weighted by Gasteiger charge is 2.18. The molecule has 2 N–H and O–H groups in total. The van der Waals surface area contributed by atoms with Gasteiger partial charge in [-0.3, -0.25) is 14.8 Å². The average Bonchev–Trinajstić information content (AvgIpc) is 3.33. The van der Waals surface area contributed by atoms with E-state index in [0.717, 1.165) is 37.2 Å². The molecule has 3 heterocycles. The fraction of sp³-hybridized carbons (Fsp3) is 0.316. The fourth-order valence-corrected chi connectivity index (χ4v) is 3.97. The van der Waals surface area contributed by atoms with Crippen LogP contribution in [-0.2, 0) is 6.42 Å². The van der Waals surface area contributed by atoms with Crippen LogP contribution in [0, 0.1) is 0 Å². The molecule has 1 aliphatic heterocycles. The van der Waals surface area contributed by atoms with Gasteiger partial charge < -0.3 is 5.32 Å². The molecule has 0 saturated carbocycles. The molecule has 1 aliphatic rings. The zero-order chi connectivity index (χ0) is 17.8. The first-order valence-corrected chi connectivity index (χ1v) is 9.65. The number of carbonyl (C=O) groups is 1. The highest BCUT2D eigenvalue weighted by Crippen LogP contribution is 2.22. The van der Waals surface area contributed by atoms with Crippen molar-refractivity contribution in [3.63, 3.8) is 0 Å². The molecule has 1 saturated heterocycles. The summed E-state index contributed by atoms with van der Waals surface area (Å²) in [5.74, 6) is -0.215. The van der Waals surface area contributed by atoms with Crippen LogP contribution < -0.4 is 10.6 Å². The fourth-order valence-electron chi connectivity index (χ4n) is 3.13. The highest BCUT2D eigenvalue weighted by molar-refractivity contribution is 7.15. The summed E-state index contributed by atoms with van der Waals surface area (Å²) in [6, 6.07) is 12.3. The molecule has 134 valence electrons. The van der Waals surface area contributed by atoms with Gasteiger partial charge in [-0.15, -0.1) is 11.3 Å². The van der Waals surface area contributed by atoms with E-state index < -0.39 is 0 Å². The van der Waals surface area contributed by atoms with E-state index in [4.69, 9.17) is 0 Å². The lowest BCUT2D eigenvalue weighted by molar-refractivity contribution is 0.102. The Hall–Kier alpha value is -2.51. The number of nitrogens with zero attached hydrogens (tertiary/aromatic N) is 3. The SMILES string of the molecule is O=C(Nc1ncc(Cc2ccccc2)s1)c1ccn(C2CCCNC2)n1. The Labute approximate surface area is 156 Å². The van der Waals surface area contributed by atoms with Crippen LogP contribution in [0.3, 0.4) is 0 Å². The van der Waals surface area contributed by atoms with Gasteiger partial charge in [0, 0.05) is 30.2 Å². The second-order valence-electron chi connectivity index (χ2n) is 6.43. The third kappa shape index (κ3) is 4.00. The van der Waals surface area contributed by atoms with E-state index in [2.05, 4.69) is 32.8 Å². The van der Waals surface area contributed by atoms with Gasteiger partial charge in [-0.25, -0.2) is 4.98 Å². The van der Waals surface area contributed by atoms with Gasteiger partial charge in [0.2, 0.25) is 0 Å². The van der Waals surface area contributed by atoms with E-state index in [1.54, 1.807) is 6.07 Å². The second kappa shape index (κ2) is 7.80. The number of carbonyl (C=O) groups excluding carboxylic acids is 1. The lowest BCUT2D eigenvalue weighted by Gasteiger charge is -2.22. The van der Waals surface area contributed by atoms with E-state index in [1.165, 1.54) is 16.9 Å². The van der Waals surface area contributed by atoms with Gasteiger partial charge >= 0.3 is 0 Å². The number of thiazole rings is 1. The molecule has 7 heteroatoms. The topological polar surface area (TPSA) is 71.8 Å². The molecule has 1 fully saturated rings. The summed E-state index contributed by atoms with van der Waals surface area (Å²) in [5, 5.41) is 11.3. The first kappa shape index (κ1) is 16.9. The first-order chi connectivity index (χ1) is 12.8. The molecular weight excluding hydrogens is 346 g/mol. The van der Waals surface area contributed by atoms with E-state index in [9.17, 15) is 4.79 Å². The van der Waals surface area contributed by atoms with Crippen LogP contribution in [-0.4, -0.2) is 33.8 Å². The van der Waals surface area contributed by atoms with Crippen molar-refractivity contribution in [1.29, 1.82) is 0 Å². The van der Waals surface area contributed by atoms with Crippen LogP contribution in [0.5, 0.6) is 0 Å². The predicted molar refractivity (Wildman–Crippen MR) is 103 cm³/mol. The molecule has 2 aromatic heterocycles. The van der Waals surface area contributed by atoms with Crippen molar-refractivity contribution in [2.24, 2.45) is 0 Å². The molecule has 4 rings (SSSR count). The molecule has 1 amide bonds. The van der Waals surface area contributed by atoms with Crippen molar-refractivity contribution in [3.05, 3.63) is 64.9 Å². The van der Waals surface area contributed by atoms with Gasteiger partial charge in [0.05, 0.1) is 6.04 Å². The summed E-state index contributed by atoms with van der Waals surface area (Å²) in [6.45, 7) is 1.96. The quantitative estimate of drug-likeness (QED) is 0.727. The summed E-state index contributed by atoms with van der Waals surface area (Å²) < 4.78 is 1.89. The predicted octanol–water partition coefficient (Wildman–Crippen LogP) is 3.11. The molecule has 1 unspecified atom stereocenters. The number of benzene rings is 1. The second-order valence-corrected chi connectivity index (χ2v) is 7.54. The molecule has 1 atom stereocenters. The minimum Gasteiger partial charge on any atom is -0.315 e. The molecule has 0 bridgehead atoms. The summed E-state index contributed by atoms with van der Waals surface area (Å²) in [5.41, 5.74) is 1.66. The Kier molecular flexibility index (Phi) is 5.08. The largest absolute Gasteiger partial charge is 0.315 e. The Morgan fingerprint density at radius 2 is 2.19 bits per heavy atom. The van der Waals surface area contributed by atoms with Crippen LogP contribution >= 0.6 is 11.3 Å². The minimum absolute atomic E-state index is 0.215. The lowest BCUT2D eigenvalue weighted by atomic mass is 10.1. The highest BCUT2D eigenvalue weighted by atomic mass is 32.1. The molecule has 3 aromatic rings. The number of hydrogen-bond donors (Lipinski definition) is 2. The number of hydrogen-bond acceptors (Lipinski definition) is 5. The normalized spacial score (nSPS) is 17.2. The van der Waals surface area contributed by atoms with Gasteiger partial charge in [-0.1, -0.05) is 30.3 Å². The number of aromatic nitrogens is 3. The van der Waals surface area contributed by atoms with Gasteiger partial charge in [-0.05, 0) is 31.0 Å². The average molecular weight is 367 g/mol. The molecule has 0 radical (unpaired) electrons. The summed E-state index contributed by atoms with van der Waals surface area (Å²) in [7, 11) is 0. The number of rotatable bonds is 5. The minimum atomic E-state index is -0.215. The first-order valence-electron chi connectivity index (χ1n) is 8.84. The standard InChI is InChI=1S/C19H21N5OS/c25-18(17-8-10-24(23-17)15-7-4-9-20-12-15)22-19-21-13-16(26-19)11-14-5-2-1-3-6-14/h1-3,5-6,8,10,13,15,20H,4,7,9,11-12H2,(H,21,22,25). The van der Waals surface area contributed by atoms with Crippen molar-refractivity contribution in [1.82, 2.24) is 20.1 Å². The maximum Gasteiger partial charge on any atom is 0.277 e. The zero-order valence-electron chi connectivity index (χ0n) is 14.4. The number of anilines is 1. The Morgan fingerprint density at radius 3 is 3.00 bits per heavy atom. The molecule has 6 nitrogen and oxygen atoms in total. The maximum absolute atomic E-state index is 12.4. The summed E-state index contributed by atoms with van der Waals surface area (Å²) >= 11 is 1.50. The van der Waals surface area contributed by atoms with Crippen molar-refractivity contribution in [3.8, 4) is 0 Å². The molecule has 0 spiro atoms. The van der Waals surface area contributed by atoms with Gasteiger partial charge in [0.15, 0.2) is 10.8 Å². The number of nitrogens with one attached hydrogen (secondary N) is 2. The maximum atomic E-state index is 12.4. The number of amides is 1. The van der Waals surface area contributed by atoms with Gasteiger partial charge in [0.1, 0.15) is 0 Å². The van der Waals surface area contributed by atoms with Crippen molar-refractivity contribution >= 4 is 22.4 Å². The zero-order valence-corrected chi connectivity index (χ0v) is 15.2. The number of piperidine rings is 1. The lowest BCUT2D eigenvalue weighted by Crippen LogP contribution is -2.32. The van der Waals surface area contributed by atoms with Crippen LogP contribution in [0.25, 0.3) is 0 Å². The van der Waals surface area contributed by atoms with Crippen molar-refractivity contribution in [2.75, 3.05) is 18.4 Å². The van der Waals surface area contributed by atoms with Crippen molar-refractivity contribution < 1.29 is 4.79 Å². The Morgan fingerprint density at radius 1 is 1.31 bits per heavy atom. The van der Waals surface area contributed by atoms with Gasteiger partial charge in [-0.2, -0.15) is 5.10 Å². The third-order valence-corrected chi connectivity index (χ3v) is 5.39. The van der Waals surface area contributed by atoms with Crippen LogP contribution in [0.1, 0.15) is 39.8 Å². The summed E-state index contributed by atoms with van der Waals surface area (Å²) in [6.07, 6.45) is 6.74. The van der Waals surface area contributed by atoms with E-state index in [-0.39, 0.29) is 5.91 Å². The monoisotopic (exact) mass is 367 g/mol. The molecule has 0 aliphatic carbocycles. The van der Waals surface area contributed by atoms with Crippen LogP contribution in [0.4, 0.5) is 5.13 Å². The van der Waals surface area contributed by atoms with E-state index in [1.807, 2.05) is 35.3 Å². The molecular formula is C19H21N5OS. The van der Waals surface area contributed by atoms with E-state index >= 15 is 0 Å². The third-order valence-electron chi connectivity index (χ3n) is 4.48. The van der Waals surface area contributed by atoms with Crippen molar-refractivity contribution in [2.45, 2.75) is 25.3 Å². The summed E-state index contributed by atoms with van der Waals surface area (Å²) in [4.78, 5) is 17.9. The Balaban J connectivity index is 1.38. The Bertz CT molecular complexity index is 867.